The van der Waals surface area contributed by atoms with E-state index in [1.807, 2.05) is 0 Å². The van der Waals surface area contributed by atoms with Crippen molar-refractivity contribution in [3.05, 3.63) is 0 Å². The third-order valence-electron chi connectivity index (χ3n) is 1.76. The summed E-state index contributed by atoms with van der Waals surface area (Å²) in [6.07, 6.45) is 2.90. The van der Waals surface area contributed by atoms with Crippen molar-refractivity contribution < 1.29 is 14.3 Å². The first-order valence-corrected chi connectivity index (χ1v) is 4.01. The molecule has 0 amide bonds. The molecule has 1 rings (SSSR count). The summed E-state index contributed by atoms with van der Waals surface area (Å²) in [5.74, 6) is 0. The highest BCUT2D eigenvalue weighted by Gasteiger charge is 2.16. The quantitative estimate of drug-likeness (QED) is 0.567. The predicted octanol–water partition coefficient (Wildman–Crippen LogP) is 0.769. The number of hydrogen-bond donors (Lipinski definition) is 0. The monoisotopic (exact) mass is 158 g/mol. The summed E-state index contributed by atoms with van der Waals surface area (Å²) in [6, 6.07) is 0. The molecule has 1 aliphatic heterocycles. The van der Waals surface area contributed by atoms with Gasteiger partial charge in [-0.05, 0) is 19.8 Å². The van der Waals surface area contributed by atoms with Crippen molar-refractivity contribution in [1.82, 2.24) is 0 Å². The lowest BCUT2D eigenvalue weighted by Crippen LogP contribution is -2.19. The lowest BCUT2D eigenvalue weighted by molar-refractivity contribution is -0.119. The van der Waals surface area contributed by atoms with E-state index >= 15 is 0 Å². The van der Waals surface area contributed by atoms with E-state index in [1.54, 1.807) is 6.92 Å². The van der Waals surface area contributed by atoms with Gasteiger partial charge in [-0.25, -0.2) is 0 Å². The number of aldehydes is 1. The molecule has 1 aliphatic rings. The van der Waals surface area contributed by atoms with Gasteiger partial charge in [-0.1, -0.05) is 0 Å². The molecule has 2 atom stereocenters. The molecule has 1 heterocycles. The Balaban J connectivity index is 2.06. The fraction of sp³-hybridized carbons (Fsp3) is 0.875. The Morgan fingerprint density at radius 2 is 2.64 bits per heavy atom. The van der Waals surface area contributed by atoms with Gasteiger partial charge in [0.2, 0.25) is 0 Å². The highest BCUT2D eigenvalue weighted by atomic mass is 16.5. The van der Waals surface area contributed by atoms with Gasteiger partial charge in [0.25, 0.3) is 0 Å². The molecule has 1 fully saturated rings. The Bertz CT molecular complexity index is 119. The number of hydrogen-bond acceptors (Lipinski definition) is 3. The van der Waals surface area contributed by atoms with Gasteiger partial charge in [0.15, 0.2) is 0 Å². The Hall–Kier alpha value is -0.410. The fourth-order valence-electron chi connectivity index (χ4n) is 1.07. The summed E-state index contributed by atoms with van der Waals surface area (Å²) in [4.78, 5) is 10.1. The van der Waals surface area contributed by atoms with E-state index in [-0.39, 0.29) is 12.2 Å². The van der Waals surface area contributed by atoms with Crippen LogP contribution < -0.4 is 0 Å². The summed E-state index contributed by atoms with van der Waals surface area (Å²) < 4.78 is 10.5. The van der Waals surface area contributed by atoms with Crippen molar-refractivity contribution in [3.63, 3.8) is 0 Å². The molecule has 3 nitrogen and oxygen atoms in total. The Morgan fingerprint density at radius 1 is 1.82 bits per heavy atom. The minimum Gasteiger partial charge on any atom is -0.376 e. The van der Waals surface area contributed by atoms with E-state index in [0.717, 1.165) is 25.7 Å². The molecule has 3 heteroatoms. The van der Waals surface area contributed by atoms with Crippen molar-refractivity contribution in [1.29, 1.82) is 0 Å². The predicted molar refractivity (Wildman–Crippen MR) is 40.5 cm³/mol. The average Bonchev–Trinajstić information content (AvgIpc) is 2.52. The van der Waals surface area contributed by atoms with E-state index in [1.165, 1.54) is 0 Å². The van der Waals surface area contributed by atoms with Crippen LogP contribution in [-0.2, 0) is 14.3 Å². The van der Waals surface area contributed by atoms with Crippen LogP contribution in [0.25, 0.3) is 0 Å². The van der Waals surface area contributed by atoms with Crippen LogP contribution in [0.1, 0.15) is 19.8 Å². The van der Waals surface area contributed by atoms with Gasteiger partial charge in [-0.15, -0.1) is 0 Å². The normalized spacial score (nSPS) is 26.8. The third kappa shape index (κ3) is 2.99. The van der Waals surface area contributed by atoms with E-state index in [0.29, 0.717) is 6.61 Å². The fourth-order valence-corrected chi connectivity index (χ4v) is 1.07. The molecule has 0 saturated carbocycles. The zero-order valence-corrected chi connectivity index (χ0v) is 6.79. The molecule has 0 aliphatic carbocycles. The second kappa shape index (κ2) is 4.46. The molecule has 0 aromatic heterocycles. The van der Waals surface area contributed by atoms with Gasteiger partial charge in [0.1, 0.15) is 12.4 Å². The second-order valence-electron chi connectivity index (χ2n) is 2.81. The summed E-state index contributed by atoms with van der Waals surface area (Å²) >= 11 is 0. The zero-order chi connectivity index (χ0) is 8.10. The van der Waals surface area contributed by atoms with Gasteiger partial charge < -0.3 is 14.3 Å². The van der Waals surface area contributed by atoms with Crippen molar-refractivity contribution in [2.24, 2.45) is 0 Å². The molecular formula is C8H14O3. The number of ether oxygens (including phenoxy) is 2. The van der Waals surface area contributed by atoms with Crippen molar-refractivity contribution >= 4 is 6.29 Å². The molecule has 0 radical (unpaired) electrons. The highest BCUT2D eigenvalue weighted by Crippen LogP contribution is 2.12. The molecule has 0 aromatic carbocycles. The smallest absolute Gasteiger partial charge is 0.148 e. The van der Waals surface area contributed by atoms with Crippen molar-refractivity contribution in [3.8, 4) is 0 Å². The maximum atomic E-state index is 10.1. The molecule has 0 bridgehead atoms. The van der Waals surface area contributed by atoms with Gasteiger partial charge in [-0.3, -0.25) is 0 Å². The first-order chi connectivity index (χ1) is 5.33. The van der Waals surface area contributed by atoms with E-state index in [9.17, 15) is 4.79 Å². The minimum absolute atomic E-state index is 0.220. The highest BCUT2D eigenvalue weighted by molar-refractivity contribution is 5.55. The van der Waals surface area contributed by atoms with Crippen molar-refractivity contribution in [2.75, 3.05) is 13.2 Å². The minimum atomic E-state index is -0.292. The van der Waals surface area contributed by atoms with E-state index in [4.69, 9.17) is 9.47 Å². The Morgan fingerprint density at radius 3 is 3.18 bits per heavy atom. The van der Waals surface area contributed by atoms with Gasteiger partial charge >= 0.3 is 0 Å². The average molecular weight is 158 g/mol. The van der Waals surface area contributed by atoms with E-state index in [2.05, 4.69) is 0 Å². The van der Waals surface area contributed by atoms with Crippen LogP contribution in [0, 0.1) is 0 Å². The Kier molecular flexibility index (Phi) is 3.52. The molecule has 1 saturated heterocycles. The molecule has 2 unspecified atom stereocenters. The maximum Gasteiger partial charge on any atom is 0.148 e. The molecule has 0 spiro atoms. The summed E-state index contributed by atoms with van der Waals surface area (Å²) in [5, 5.41) is 0. The van der Waals surface area contributed by atoms with Crippen LogP contribution in [0.15, 0.2) is 0 Å². The topological polar surface area (TPSA) is 35.5 Å². The maximum absolute atomic E-state index is 10.1. The number of carbonyl (C=O) groups is 1. The summed E-state index contributed by atoms with van der Waals surface area (Å²) in [7, 11) is 0. The van der Waals surface area contributed by atoms with E-state index < -0.39 is 0 Å². The first-order valence-electron chi connectivity index (χ1n) is 4.01. The Labute approximate surface area is 66.7 Å². The molecule has 0 aromatic rings. The third-order valence-corrected chi connectivity index (χ3v) is 1.76. The molecule has 0 N–H and O–H groups in total. The number of rotatable bonds is 4. The first kappa shape index (κ1) is 8.68. The van der Waals surface area contributed by atoms with Gasteiger partial charge in [0.05, 0.1) is 12.7 Å². The largest absolute Gasteiger partial charge is 0.376 e. The van der Waals surface area contributed by atoms with Crippen LogP contribution in [0.5, 0.6) is 0 Å². The second-order valence-corrected chi connectivity index (χ2v) is 2.81. The lowest BCUT2D eigenvalue weighted by atomic mass is 10.2. The zero-order valence-electron chi connectivity index (χ0n) is 6.79. The molecule has 11 heavy (non-hydrogen) atoms. The summed E-state index contributed by atoms with van der Waals surface area (Å²) in [6.45, 7) is 3.13. The van der Waals surface area contributed by atoms with Crippen LogP contribution in [0.3, 0.4) is 0 Å². The number of carbonyl (C=O) groups excluding carboxylic acids is 1. The van der Waals surface area contributed by atoms with Crippen LogP contribution >= 0.6 is 0 Å². The van der Waals surface area contributed by atoms with Crippen molar-refractivity contribution in [2.45, 2.75) is 32.0 Å². The van der Waals surface area contributed by atoms with Crippen LogP contribution in [-0.4, -0.2) is 31.7 Å². The molecular weight excluding hydrogens is 144 g/mol. The van der Waals surface area contributed by atoms with Gasteiger partial charge in [-0.2, -0.15) is 0 Å². The lowest BCUT2D eigenvalue weighted by Gasteiger charge is -2.11. The van der Waals surface area contributed by atoms with Crippen LogP contribution in [0.2, 0.25) is 0 Å². The van der Waals surface area contributed by atoms with Crippen LogP contribution in [0.4, 0.5) is 0 Å². The van der Waals surface area contributed by atoms with Gasteiger partial charge in [0, 0.05) is 6.61 Å². The summed E-state index contributed by atoms with van der Waals surface area (Å²) in [5.41, 5.74) is 0. The SMILES string of the molecule is CC(C=O)OCC1CCCO1. The molecule has 64 valence electrons. The standard InChI is InChI=1S/C8H14O3/c1-7(5-9)11-6-8-3-2-4-10-8/h5,7-8H,2-4,6H2,1H3.